The van der Waals surface area contributed by atoms with Crippen molar-refractivity contribution in [1.82, 2.24) is 5.32 Å². The number of hydrogen-bond donors (Lipinski definition) is 2. The minimum atomic E-state index is -1.27. The highest BCUT2D eigenvalue weighted by atomic mass is 16.6. The largest absolute Gasteiger partial charge is 0.484 e. The lowest BCUT2D eigenvalue weighted by Gasteiger charge is -2.26. The van der Waals surface area contributed by atoms with E-state index in [4.69, 9.17) is 4.74 Å². The molecule has 0 aromatic heterocycles. The Hall–Kier alpha value is -2.15. The topological polar surface area (TPSA) is 102 Å². The van der Waals surface area contributed by atoms with Gasteiger partial charge in [0.1, 0.15) is 12.1 Å². The second-order valence-corrected chi connectivity index (χ2v) is 5.52. The smallest absolute Gasteiger partial charge is 0.327 e. The van der Waals surface area contributed by atoms with Gasteiger partial charge >= 0.3 is 11.7 Å². The molecular weight excluding hydrogens is 276 g/mol. The fraction of sp³-hybridized carbons (Fsp3) is 0.500. The van der Waals surface area contributed by atoms with Gasteiger partial charge < -0.3 is 9.84 Å². The van der Waals surface area contributed by atoms with Crippen molar-refractivity contribution < 1.29 is 19.6 Å². The molecule has 1 aliphatic rings. The van der Waals surface area contributed by atoms with Gasteiger partial charge in [-0.25, -0.2) is 0 Å². The summed E-state index contributed by atoms with van der Waals surface area (Å²) in [6.45, 7) is 3.04. The second-order valence-electron chi connectivity index (χ2n) is 5.52. The zero-order valence-electron chi connectivity index (χ0n) is 12.0. The molecule has 1 atom stereocenters. The van der Waals surface area contributed by atoms with Gasteiger partial charge in [-0.2, -0.15) is 0 Å². The summed E-state index contributed by atoms with van der Waals surface area (Å²) < 4.78 is 5.50. The number of para-hydroxylation sites is 1. The highest BCUT2D eigenvalue weighted by molar-refractivity contribution is 5.78. The predicted molar refractivity (Wildman–Crippen MR) is 75.5 cm³/mol. The van der Waals surface area contributed by atoms with Crippen LogP contribution in [0.15, 0.2) is 18.2 Å². The van der Waals surface area contributed by atoms with Crippen molar-refractivity contribution in [2.75, 3.05) is 6.61 Å². The number of nitrogens with zero attached hydrogens (tertiary/aromatic N) is 1. The molecule has 1 fully saturated rings. The minimum Gasteiger partial charge on any atom is -0.484 e. The first kappa shape index (κ1) is 15.2. The Bertz CT molecular complexity index is 570. The molecule has 1 unspecified atom stereocenters. The summed E-state index contributed by atoms with van der Waals surface area (Å²) in [5.41, 5.74) is -0.824. The summed E-state index contributed by atoms with van der Waals surface area (Å²) >= 11 is 0. The molecule has 1 aromatic rings. The van der Waals surface area contributed by atoms with E-state index in [1.54, 1.807) is 19.1 Å². The van der Waals surface area contributed by atoms with Gasteiger partial charge in [-0.05, 0) is 32.3 Å². The number of carbonyl (C=O) groups is 1. The van der Waals surface area contributed by atoms with Crippen LogP contribution in [-0.4, -0.2) is 34.2 Å². The van der Waals surface area contributed by atoms with Gasteiger partial charge in [0.05, 0.1) is 4.92 Å². The van der Waals surface area contributed by atoms with E-state index in [2.05, 4.69) is 5.32 Å². The number of rotatable bonds is 7. The van der Waals surface area contributed by atoms with Crippen LogP contribution in [0.3, 0.4) is 0 Å². The van der Waals surface area contributed by atoms with Crippen LogP contribution in [0.2, 0.25) is 0 Å². The standard InChI is InChI=1S/C14H18N2O5/c1-9-4-3-5-11(16(19)20)12(9)21-8-14(2,13(17)18)15-10-6-7-10/h3-5,10,15H,6-8H2,1-2H3,(H,17,18). The molecule has 0 amide bonds. The quantitative estimate of drug-likeness (QED) is 0.588. The average molecular weight is 294 g/mol. The van der Waals surface area contributed by atoms with Gasteiger partial charge in [0.15, 0.2) is 5.75 Å². The normalized spacial score (nSPS) is 17.0. The Kier molecular flexibility index (Phi) is 4.13. The minimum absolute atomic E-state index is 0.118. The predicted octanol–water partition coefficient (Wildman–Crippen LogP) is 1.88. The molecule has 0 heterocycles. The average Bonchev–Trinajstić information content (AvgIpc) is 3.20. The van der Waals surface area contributed by atoms with Gasteiger partial charge in [-0.15, -0.1) is 0 Å². The van der Waals surface area contributed by atoms with E-state index in [0.717, 1.165) is 12.8 Å². The third kappa shape index (κ3) is 3.49. The number of nitro groups is 1. The van der Waals surface area contributed by atoms with Crippen LogP contribution in [0.4, 0.5) is 5.69 Å². The summed E-state index contributed by atoms with van der Waals surface area (Å²) in [5, 5.41) is 23.4. The number of nitrogens with one attached hydrogen (secondary N) is 1. The first-order valence-corrected chi connectivity index (χ1v) is 6.71. The van der Waals surface area contributed by atoms with Crippen LogP contribution in [0, 0.1) is 17.0 Å². The third-order valence-electron chi connectivity index (χ3n) is 3.47. The lowest BCUT2D eigenvalue weighted by Crippen LogP contribution is -2.54. The van der Waals surface area contributed by atoms with Crippen molar-refractivity contribution in [2.24, 2.45) is 0 Å². The van der Waals surface area contributed by atoms with E-state index in [1.807, 2.05) is 0 Å². The number of hydrogen-bond acceptors (Lipinski definition) is 5. The van der Waals surface area contributed by atoms with Crippen molar-refractivity contribution in [2.45, 2.75) is 38.3 Å². The molecule has 1 saturated carbocycles. The molecule has 0 radical (unpaired) electrons. The van der Waals surface area contributed by atoms with E-state index in [0.29, 0.717) is 5.56 Å². The molecule has 2 rings (SSSR count). The molecule has 7 nitrogen and oxygen atoms in total. The molecule has 0 bridgehead atoms. The lowest BCUT2D eigenvalue weighted by molar-refractivity contribution is -0.386. The molecule has 0 aliphatic heterocycles. The summed E-state index contributed by atoms with van der Waals surface area (Å²) in [6, 6.07) is 4.78. The van der Waals surface area contributed by atoms with E-state index in [-0.39, 0.29) is 24.1 Å². The maximum atomic E-state index is 11.4. The van der Waals surface area contributed by atoms with Crippen molar-refractivity contribution in [3.63, 3.8) is 0 Å². The Morgan fingerprint density at radius 3 is 2.76 bits per heavy atom. The molecule has 1 aliphatic carbocycles. The molecular formula is C14H18N2O5. The van der Waals surface area contributed by atoms with Crippen molar-refractivity contribution >= 4 is 11.7 Å². The molecule has 0 spiro atoms. The summed E-state index contributed by atoms with van der Waals surface area (Å²) in [4.78, 5) is 21.9. The number of aliphatic carboxylic acids is 1. The van der Waals surface area contributed by atoms with E-state index < -0.39 is 16.4 Å². The third-order valence-corrected chi connectivity index (χ3v) is 3.47. The second kappa shape index (κ2) is 5.69. The van der Waals surface area contributed by atoms with Crippen LogP contribution < -0.4 is 10.1 Å². The van der Waals surface area contributed by atoms with Crippen LogP contribution in [0.5, 0.6) is 5.75 Å². The fourth-order valence-electron chi connectivity index (χ4n) is 2.03. The maximum absolute atomic E-state index is 11.4. The number of nitro benzene ring substituents is 1. The highest BCUT2D eigenvalue weighted by Gasteiger charge is 2.40. The Labute approximate surface area is 122 Å². The SMILES string of the molecule is Cc1cccc([N+](=O)[O-])c1OCC(C)(NC1CC1)C(=O)O. The van der Waals surface area contributed by atoms with Gasteiger partial charge in [-0.3, -0.25) is 20.2 Å². The van der Waals surface area contributed by atoms with E-state index in [9.17, 15) is 20.0 Å². The number of ether oxygens (including phenoxy) is 1. The molecule has 21 heavy (non-hydrogen) atoms. The fourth-order valence-corrected chi connectivity index (χ4v) is 2.03. The van der Waals surface area contributed by atoms with Gasteiger partial charge in [0.25, 0.3) is 0 Å². The first-order chi connectivity index (χ1) is 9.83. The zero-order valence-corrected chi connectivity index (χ0v) is 12.0. The first-order valence-electron chi connectivity index (χ1n) is 6.71. The summed E-state index contributed by atoms with van der Waals surface area (Å²) in [7, 11) is 0. The van der Waals surface area contributed by atoms with Crippen molar-refractivity contribution in [3.8, 4) is 5.75 Å². The Balaban J connectivity index is 2.17. The molecule has 2 N–H and O–H groups in total. The number of carboxylic acid groups (broad SMARTS) is 1. The molecule has 7 heteroatoms. The molecule has 1 aromatic carbocycles. The van der Waals surface area contributed by atoms with Crippen LogP contribution >= 0.6 is 0 Å². The number of carboxylic acids is 1. The highest BCUT2D eigenvalue weighted by Crippen LogP contribution is 2.31. The van der Waals surface area contributed by atoms with Gasteiger partial charge in [0, 0.05) is 12.1 Å². The number of aryl methyl sites for hydroxylation is 1. The van der Waals surface area contributed by atoms with E-state index in [1.165, 1.54) is 13.0 Å². The Morgan fingerprint density at radius 2 is 2.24 bits per heavy atom. The maximum Gasteiger partial charge on any atom is 0.327 e. The van der Waals surface area contributed by atoms with Gasteiger partial charge in [0.2, 0.25) is 0 Å². The van der Waals surface area contributed by atoms with Crippen LogP contribution in [0.25, 0.3) is 0 Å². The summed E-state index contributed by atoms with van der Waals surface area (Å²) in [6.07, 6.45) is 1.88. The summed E-state index contributed by atoms with van der Waals surface area (Å²) in [5.74, 6) is -0.918. The van der Waals surface area contributed by atoms with Crippen molar-refractivity contribution in [1.29, 1.82) is 0 Å². The van der Waals surface area contributed by atoms with Gasteiger partial charge in [-0.1, -0.05) is 12.1 Å². The van der Waals surface area contributed by atoms with Crippen LogP contribution in [-0.2, 0) is 4.79 Å². The van der Waals surface area contributed by atoms with E-state index >= 15 is 0 Å². The van der Waals surface area contributed by atoms with Crippen LogP contribution in [0.1, 0.15) is 25.3 Å². The molecule has 114 valence electrons. The zero-order chi connectivity index (χ0) is 15.6. The molecule has 0 saturated heterocycles. The lowest BCUT2D eigenvalue weighted by atomic mass is 10.0. The Morgan fingerprint density at radius 1 is 1.57 bits per heavy atom. The monoisotopic (exact) mass is 294 g/mol. The van der Waals surface area contributed by atoms with Crippen molar-refractivity contribution in [3.05, 3.63) is 33.9 Å². The number of benzene rings is 1.